The van der Waals surface area contributed by atoms with E-state index in [1.807, 2.05) is 30.3 Å². The molecule has 0 bridgehead atoms. The van der Waals surface area contributed by atoms with Gasteiger partial charge in [0.15, 0.2) is 0 Å². The van der Waals surface area contributed by atoms with Crippen molar-refractivity contribution in [3.05, 3.63) is 34.8 Å². The Morgan fingerprint density at radius 1 is 1.08 bits per heavy atom. The molecule has 0 aromatic heterocycles. The molecule has 0 spiro atoms. The van der Waals surface area contributed by atoms with E-state index in [2.05, 4.69) is 15.9 Å². The van der Waals surface area contributed by atoms with E-state index in [4.69, 9.17) is 19.2 Å². The molecular weight excluding hydrogens is 247 g/mol. The van der Waals surface area contributed by atoms with E-state index < -0.39 is 7.82 Å². The minimum atomic E-state index is -4.64. The molecule has 0 amide bonds. The van der Waals surface area contributed by atoms with Crippen LogP contribution in [-0.2, 0) is 4.57 Å². The Kier molecular flexibility index (Phi) is 5.37. The van der Waals surface area contributed by atoms with Gasteiger partial charge in [0, 0.05) is 4.47 Å². The molecule has 0 aliphatic heterocycles. The lowest BCUT2D eigenvalue weighted by molar-refractivity contribution is 0.275. The van der Waals surface area contributed by atoms with Gasteiger partial charge in [0.2, 0.25) is 0 Å². The van der Waals surface area contributed by atoms with E-state index in [1.165, 1.54) is 0 Å². The number of halogens is 1. The Morgan fingerprint density at radius 3 is 1.58 bits per heavy atom. The first-order valence-electron chi connectivity index (χ1n) is 2.88. The molecule has 4 nitrogen and oxygen atoms in total. The molecular formula is C6H8BrO4P. The summed E-state index contributed by atoms with van der Waals surface area (Å²) in [5.74, 6) is 0. The van der Waals surface area contributed by atoms with E-state index in [-0.39, 0.29) is 0 Å². The lowest BCUT2D eigenvalue weighted by Gasteiger charge is -1.82. The van der Waals surface area contributed by atoms with E-state index in [1.54, 1.807) is 0 Å². The Morgan fingerprint density at radius 2 is 1.42 bits per heavy atom. The summed E-state index contributed by atoms with van der Waals surface area (Å²) in [7, 11) is -4.64. The van der Waals surface area contributed by atoms with Crippen molar-refractivity contribution in [3.8, 4) is 0 Å². The Balaban J connectivity index is 0.000000217. The summed E-state index contributed by atoms with van der Waals surface area (Å²) in [5, 5.41) is 0. The fraction of sp³-hybridized carbons (Fsp3) is 0. The lowest BCUT2D eigenvalue weighted by atomic mass is 10.4. The van der Waals surface area contributed by atoms with Crippen molar-refractivity contribution in [2.45, 2.75) is 0 Å². The van der Waals surface area contributed by atoms with Crippen molar-refractivity contribution < 1.29 is 19.2 Å². The fourth-order valence-corrected chi connectivity index (χ4v) is 0.720. The average molecular weight is 255 g/mol. The second-order valence-corrected chi connectivity index (χ2v) is 3.75. The van der Waals surface area contributed by atoms with Crippen LogP contribution >= 0.6 is 23.8 Å². The first-order chi connectivity index (χ1) is 5.39. The van der Waals surface area contributed by atoms with Crippen LogP contribution < -0.4 is 0 Å². The standard InChI is InChI=1S/C6H5Br.H3O4P/c7-6-4-2-1-3-5-6;1-5(2,3)4/h1-5H;(H3,1,2,3,4). The Labute approximate surface area is 78.2 Å². The summed E-state index contributed by atoms with van der Waals surface area (Å²) in [6, 6.07) is 9.97. The van der Waals surface area contributed by atoms with Crippen LogP contribution in [0, 0.1) is 0 Å². The van der Waals surface area contributed by atoms with Gasteiger partial charge in [0.1, 0.15) is 0 Å². The third kappa shape index (κ3) is 12.5. The normalized spacial score (nSPS) is 10.0. The monoisotopic (exact) mass is 254 g/mol. The van der Waals surface area contributed by atoms with Gasteiger partial charge in [0.05, 0.1) is 0 Å². The number of hydrogen-bond donors (Lipinski definition) is 3. The molecule has 0 saturated carbocycles. The van der Waals surface area contributed by atoms with Gasteiger partial charge in [-0.05, 0) is 12.1 Å². The molecule has 68 valence electrons. The molecule has 0 radical (unpaired) electrons. The predicted molar refractivity (Wildman–Crippen MR) is 48.4 cm³/mol. The summed E-state index contributed by atoms with van der Waals surface area (Å²) in [5.41, 5.74) is 0. The van der Waals surface area contributed by atoms with Crippen molar-refractivity contribution in [3.63, 3.8) is 0 Å². The maximum Gasteiger partial charge on any atom is 0.466 e. The molecule has 0 atom stereocenters. The highest BCUT2D eigenvalue weighted by atomic mass is 79.9. The third-order valence-electron chi connectivity index (χ3n) is 0.733. The quantitative estimate of drug-likeness (QED) is 0.614. The van der Waals surface area contributed by atoms with Crippen molar-refractivity contribution in [2.24, 2.45) is 0 Å². The number of hydrogen-bond acceptors (Lipinski definition) is 1. The molecule has 0 unspecified atom stereocenters. The SMILES string of the molecule is Brc1ccccc1.O=P(O)(O)O. The van der Waals surface area contributed by atoms with Gasteiger partial charge in [-0.3, -0.25) is 0 Å². The van der Waals surface area contributed by atoms with Crippen LogP contribution in [0.1, 0.15) is 0 Å². The van der Waals surface area contributed by atoms with Crippen LogP contribution in [0.25, 0.3) is 0 Å². The molecule has 0 fully saturated rings. The van der Waals surface area contributed by atoms with E-state index >= 15 is 0 Å². The van der Waals surface area contributed by atoms with Gasteiger partial charge in [-0.25, -0.2) is 4.57 Å². The topological polar surface area (TPSA) is 77.8 Å². The van der Waals surface area contributed by atoms with Gasteiger partial charge >= 0.3 is 7.82 Å². The first kappa shape index (κ1) is 11.8. The van der Waals surface area contributed by atoms with Crippen LogP contribution in [0.3, 0.4) is 0 Å². The molecule has 0 aliphatic carbocycles. The van der Waals surface area contributed by atoms with Crippen LogP contribution in [0.15, 0.2) is 34.8 Å². The summed E-state index contributed by atoms with van der Waals surface area (Å²) >= 11 is 3.31. The number of benzene rings is 1. The highest BCUT2D eigenvalue weighted by molar-refractivity contribution is 9.10. The molecule has 0 aliphatic rings. The zero-order chi connectivity index (χ0) is 9.61. The maximum absolute atomic E-state index is 8.88. The fourth-order valence-electron chi connectivity index (χ4n) is 0.415. The molecule has 0 saturated heterocycles. The molecule has 1 aromatic rings. The summed E-state index contributed by atoms with van der Waals surface area (Å²) in [6.45, 7) is 0. The second-order valence-electron chi connectivity index (χ2n) is 1.81. The van der Waals surface area contributed by atoms with E-state index in [0.717, 1.165) is 4.47 Å². The zero-order valence-corrected chi connectivity index (χ0v) is 8.44. The first-order valence-corrected chi connectivity index (χ1v) is 5.24. The van der Waals surface area contributed by atoms with Crippen LogP contribution in [0.5, 0.6) is 0 Å². The molecule has 12 heavy (non-hydrogen) atoms. The number of rotatable bonds is 0. The van der Waals surface area contributed by atoms with E-state index in [9.17, 15) is 0 Å². The smallest absolute Gasteiger partial charge is 0.303 e. The van der Waals surface area contributed by atoms with Crippen molar-refractivity contribution in [1.82, 2.24) is 0 Å². The highest BCUT2D eigenvalue weighted by Gasteiger charge is 2.00. The van der Waals surface area contributed by atoms with Crippen molar-refractivity contribution in [1.29, 1.82) is 0 Å². The van der Waals surface area contributed by atoms with Gasteiger partial charge in [-0.15, -0.1) is 0 Å². The third-order valence-corrected chi connectivity index (χ3v) is 1.26. The summed E-state index contributed by atoms with van der Waals surface area (Å²) < 4.78 is 10.0. The van der Waals surface area contributed by atoms with Gasteiger partial charge < -0.3 is 14.7 Å². The van der Waals surface area contributed by atoms with Crippen molar-refractivity contribution in [2.75, 3.05) is 0 Å². The van der Waals surface area contributed by atoms with Gasteiger partial charge in [-0.2, -0.15) is 0 Å². The summed E-state index contributed by atoms with van der Waals surface area (Å²) in [4.78, 5) is 21.6. The van der Waals surface area contributed by atoms with Crippen molar-refractivity contribution >= 4 is 23.8 Å². The van der Waals surface area contributed by atoms with Crippen LogP contribution in [-0.4, -0.2) is 14.7 Å². The molecule has 1 rings (SSSR count). The minimum absolute atomic E-state index is 1.13. The minimum Gasteiger partial charge on any atom is -0.303 e. The second kappa shape index (κ2) is 5.45. The molecule has 1 aromatic carbocycles. The van der Waals surface area contributed by atoms with E-state index in [0.29, 0.717) is 0 Å². The Bertz CT molecular complexity index is 249. The lowest BCUT2D eigenvalue weighted by Crippen LogP contribution is -1.66. The highest BCUT2D eigenvalue weighted by Crippen LogP contribution is 2.25. The van der Waals surface area contributed by atoms with Gasteiger partial charge in [-0.1, -0.05) is 34.1 Å². The van der Waals surface area contributed by atoms with Crippen LogP contribution in [0.4, 0.5) is 0 Å². The largest absolute Gasteiger partial charge is 0.466 e. The molecule has 3 N–H and O–H groups in total. The average Bonchev–Trinajstić information content (AvgIpc) is 1.85. The predicted octanol–water partition coefficient (Wildman–Crippen LogP) is 1.52. The maximum atomic E-state index is 8.88. The van der Waals surface area contributed by atoms with Crippen LogP contribution in [0.2, 0.25) is 0 Å². The zero-order valence-electron chi connectivity index (χ0n) is 5.96. The summed E-state index contributed by atoms with van der Waals surface area (Å²) in [6.07, 6.45) is 0. The van der Waals surface area contributed by atoms with Gasteiger partial charge in [0.25, 0.3) is 0 Å². The number of phosphoric acid groups is 1. The molecule has 0 heterocycles. The Hall–Kier alpha value is -0.190. The molecule has 6 heteroatoms.